The van der Waals surface area contributed by atoms with Crippen molar-refractivity contribution in [1.29, 1.82) is 0 Å². The molecule has 1 rings (SSSR count). The van der Waals surface area contributed by atoms with Gasteiger partial charge in [-0.2, -0.15) is 0 Å². The molecule has 7 nitrogen and oxygen atoms in total. The Bertz CT molecular complexity index is 640. The van der Waals surface area contributed by atoms with Crippen molar-refractivity contribution in [3.8, 4) is 0 Å². The van der Waals surface area contributed by atoms with Gasteiger partial charge in [-0.25, -0.2) is 0 Å². The van der Waals surface area contributed by atoms with Gasteiger partial charge in [0.15, 0.2) is 16.6 Å². The first-order valence-corrected chi connectivity index (χ1v) is 18.4. The quantitative estimate of drug-likeness (QED) is 0.282. The number of esters is 1. The molecule has 0 amide bonds. The molecule has 1 saturated heterocycles. The first kappa shape index (κ1) is 31.7. The Morgan fingerprint density at radius 2 is 1.53 bits per heavy atom. The molecule has 1 aliphatic heterocycles. The fourth-order valence-electron chi connectivity index (χ4n) is 3.86. The topological polar surface area (TPSA) is 83.5 Å². The third kappa shape index (κ3) is 8.38. The van der Waals surface area contributed by atoms with E-state index in [2.05, 4.69) is 67.7 Å². The average molecular weight is 521 g/mol. The van der Waals surface area contributed by atoms with Crippen LogP contribution < -0.4 is 0 Å². The molecule has 0 aliphatic carbocycles. The number of hydrogen-bond acceptors (Lipinski definition) is 7. The fraction of sp³-hybridized carbons (Fsp3) is 0.960. The van der Waals surface area contributed by atoms with Crippen molar-refractivity contribution >= 4 is 22.6 Å². The molecular weight excluding hydrogens is 468 g/mol. The summed E-state index contributed by atoms with van der Waals surface area (Å²) in [4.78, 5) is 12.1. The summed E-state index contributed by atoms with van der Waals surface area (Å²) >= 11 is 0. The summed E-state index contributed by atoms with van der Waals surface area (Å²) in [5.74, 6) is -0.473. The third-order valence-electron chi connectivity index (χ3n) is 8.13. The summed E-state index contributed by atoms with van der Waals surface area (Å²) in [6.45, 7) is 22.9. The Hall–Kier alpha value is -0.296. The summed E-state index contributed by atoms with van der Waals surface area (Å²) < 4.78 is 30.6. The molecule has 5 atom stereocenters. The van der Waals surface area contributed by atoms with Crippen molar-refractivity contribution in [3.05, 3.63) is 0 Å². The number of ether oxygens (including phenoxy) is 3. The molecule has 0 aromatic heterocycles. The van der Waals surface area contributed by atoms with Crippen LogP contribution in [-0.2, 0) is 27.9 Å². The number of hydrogen-bond donors (Lipinski definition) is 1. The molecule has 202 valence electrons. The Balaban J connectivity index is 3.16. The summed E-state index contributed by atoms with van der Waals surface area (Å²) in [5.41, 5.74) is 0. The minimum atomic E-state index is -2.07. The normalized spacial score (nSPS) is 25.4. The van der Waals surface area contributed by atoms with Gasteiger partial charge in [0.2, 0.25) is 0 Å². The second kappa shape index (κ2) is 12.3. The summed E-state index contributed by atoms with van der Waals surface area (Å²) in [7, 11) is -0.994. The Labute approximate surface area is 210 Å². The van der Waals surface area contributed by atoms with E-state index in [4.69, 9.17) is 23.1 Å². The fourth-order valence-corrected chi connectivity index (χ4v) is 6.25. The van der Waals surface area contributed by atoms with Crippen LogP contribution in [-0.4, -0.2) is 79.6 Å². The molecule has 0 bridgehead atoms. The van der Waals surface area contributed by atoms with Gasteiger partial charge in [-0.05, 0) is 42.7 Å². The van der Waals surface area contributed by atoms with Crippen LogP contribution in [0.2, 0.25) is 36.3 Å². The van der Waals surface area contributed by atoms with Crippen molar-refractivity contribution < 1.29 is 33.0 Å². The van der Waals surface area contributed by atoms with E-state index >= 15 is 0 Å². The maximum Gasteiger partial charge on any atom is 0.305 e. The van der Waals surface area contributed by atoms with Crippen LogP contribution in [0.1, 0.15) is 60.8 Å². The molecule has 1 N–H and O–H groups in total. The minimum Gasteiger partial charge on any atom is -0.469 e. The highest BCUT2D eigenvalue weighted by atomic mass is 28.4. The van der Waals surface area contributed by atoms with E-state index in [9.17, 15) is 9.90 Å². The van der Waals surface area contributed by atoms with Crippen LogP contribution >= 0.6 is 0 Å². The smallest absolute Gasteiger partial charge is 0.305 e. The molecule has 0 aromatic carbocycles. The third-order valence-corrected chi connectivity index (χ3v) is 17.2. The van der Waals surface area contributed by atoms with Crippen LogP contribution in [0.4, 0.5) is 0 Å². The molecule has 2 unspecified atom stereocenters. The second-order valence-corrected chi connectivity index (χ2v) is 22.2. The molecular formula is C25H52O7Si2. The first-order valence-electron chi connectivity index (χ1n) is 12.6. The van der Waals surface area contributed by atoms with Gasteiger partial charge in [0.05, 0.1) is 44.6 Å². The van der Waals surface area contributed by atoms with Crippen LogP contribution in [0.25, 0.3) is 0 Å². The lowest BCUT2D eigenvalue weighted by Gasteiger charge is -2.42. The van der Waals surface area contributed by atoms with E-state index in [1.165, 1.54) is 7.11 Å². The molecule has 1 aliphatic rings. The van der Waals surface area contributed by atoms with Gasteiger partial charge in [0.1, 0.15) is 0 Å². The van der Waals surface area contributed by atoms with E-state index in [-0.39, 0.29) is 59.4 Å². The summed E-state index contributed by atoms with van der Waals surface area (Å²) in [5, 5.41) is 9.75. The lowest BCUT2D eigenvalue weighted by atomic mass is 9.90. The molecule has 34 heavy (non-hydrogen) atoms. The number of methoxy groups -OCH3 is 2. The highest BCUT2D eigenvalue weighted by Gasteiger charge is 2.48. The number of carbonyl (C=O) groups excluding carboxylic acids is 1. The summed E-state index contributed by atoms with van der Waals surface area (Å²) in [6, 6.07) is 0. The van der Waals surface area contributed by atoms with E-state index in [0.717, 1.165) is 0 Å². The first-order chi connectivity index (χ1) is 15.4. The lowest BCUT2D eigenvalue weighted by molar-refractivity contribution is -0.143. The van der Waals surface area contributed by atoms with E-state index in [1.54, 1.807) is 7.11 Å². The standard InChI is InChI=1S/C25H52O7Si2/c1-24(2,3)33(9,10)30-17-18(32-34(11,12)25(4,5)6)15-21-23(29-8)19(16-22(27)28-7)20(31-21)13-14-26/h18-21,23,26H,13-17H2,1-12H3/t18?,19?,20-,21+,23+/m0/s1. The molecule has 1 heterocycles. The van der Waals surface area contributed by atoms with Gasteiger partial charge in [-0.3, -0.25) is 4.79 Å². The minimum absolute atomic E-state index is 0.0100. The van der Waals surface area contributed by atoms with Crippen LogP contribution in [0.3, 0.4) is 0 Å². The zero-order valence-electron chi connectivity index (χ0n) is 23.8. The SMILES string of the molecule is COC(=O)CC1[C@H](CCO)O[C@H](CC(CO[Si](C)(C)C(C)(C)C)O[Si](C)(C)C(C)(C)C)[C@@H]1OC. The molecule has 0 saturated carbocycles. The van der Waals surface area contributed by atoms with Crippen molar-refractivity contribution in [2.24, 2.45) is 5.92 Å². The van der Waals surface area contributed by atoms with Crippen molar-refractivity contribution in [1.82, 2.24) is 0 Å². The molecule has 0 radical (unpaired) electrons. The Morgan fingerprint density at radius 1 is 0.971 bits per heavy atom. The number of carbonyl (C=O) groups is 1. The maximum atomic E-state index is 12.1. The molecule has 0 aromatic rings. The highest BCUT2D eigenvalue weighted by Crippen LogP contribution is 2.41. The highest BCUT2D eigenvalue weighted by molar-refractivity contribution is 6.74. The van der Waals surface area contributed by atoms with Crippen LogP contribution in [0, 0.1) is 5.92 Å². The predicted octanol–water partition coefficient (Wildman–Crippen LogP) is 5.13. The molecule has 9 heteroatoms. The van der Waals surface area contributed by atoms with Gasteiger partial charge in [0, 0.05) is 26.1 Å². The monoisotopic (exact) mass is 520 g/mol. The van der Waals surface area contributed by atoms with Gasteiger partial charge >= 0.3 is 5.97 Å². The zero-order chi connectivity index (χ0) is 26.5. The van der Waals surface area contributed by atoms with Gasteiger partial charge < -0.3 is 28.2 Å². The Kier molecular flexibility index (Phi) is 11.5. The number of aliphatic hydroxyl groups is 1. The van der Waals surface area contributed by atoms with Crippen LogP contribution in [0.15, 0.2) is 0 Å². The zero-order valence-corrected chi connectivity index (χ0v) is 25.8. The van der Waals surface area contributed by atoms with Gasteiger partial charge in [0.25, 0.3) is 0 Å². The molecule has 0 spiro atoms. The summed E-state index contributed by atoms with van der Waals surface area (Å²) in [6.07, 6.45) is 0.303. The number of rotatable bonds is 12. The second-order valence-electron chi connectivity index (χ2n) is 12.7. The lowest BCUT2D eigenvalue weighted by Crippen LogP contribution is -2.49. The number of aliphatic hydroxyl groups excluding tert-OH is 1. The van der Waals surface area contributed by atoms with Gasteiger partial charge in [-0.1, -0.05) is 41.5 Å². The average Bonchev–Trinajstić information content (AvgIpc) is 3.00. The van der Waals surface area contributed by atoms with E-state index in [0.29, 0.717) is 19.4 Å². The largest absolute Gasteiger partial charge is 0.469 e. The predicted molar refractivity (Wildman–Crippen MR) is 141 cm³/mol. The molecule has 1 fully saturated rings. The van der Waals surface area contributed by atoms with Crippen molar-refractivity contribution in [2.75, 3.05) is 27.4 Å². The van der Waals surface area contributed by atoms with Gasteiger partial charge in [-0.15, -0.1) is 0 Å². The maximum absolute atomic E-state index is 12.1. The van der Waals surface area contributed by atoms with Crippen LogP contribution in [0.5, 0.6) is 0 Å². The van der Waals surface area contributed by atoms with E-state index < -0.39 is 16.6 Å². The van der Waals surface area contributed by atoms with E-state index in [1.807, 2.05) is 0 Å². The Morgan fingerprint density at radius 3 is 1.97 bits per heavy atom. The van der Waals surface area contributed by atoms with Crippen molar-refractivity contribution in [3.63, 3.8) is 0 Å². The van der Waals surface area contributed by atoms with Crippen molar-refractivity contribution in [2.45, 2.75) is 121 Å².